The van der Waals surface area contributed by atoms with E-state index in [1.165, 1.54) is 0 Å². The van der Waals surface area contributed by atoms with Crippen molar-refractivity contribution >= 4 is 5.78 Å². The molecule has 0 spiro atoms. The number of allylic oxidation sites excluding steroid dienone is 5. The van der Waals surface area contributed by atoms with Crippen molar-refractivity contribution in [1.29, 1.82) is 0 Å². The highest BCUT2D eigenvalue weighted by atomic mass is 16.1. The molecule has 88 valence electrons. The Hall–Kier alpha value is -2.04. The smallest absolute Gasteiger partial charge is 0.178 e. The van der Waals surface area contributed by atoms with Gasteiger partial charge in [-0.2, -0.15) is 5.21 Å². The second kappa shape index (κ2) is 4.86. The number of nitrogens with one attached hydrogen (secondary N) is 1. The Kier molecular flexibility index (Phi) is 3.27. The molecule has 5 heteroatoms. The van der Waals surface area contributed by atoms with Gasteiger partial charge in [-0.05, 0) is 13.3 Å². The summed E-state index contributed by atoms with van der Waals surface area (Å²) in [6, 6.07) is 0. The number of rotatable bonds is 5. The number of Topliss-reactive ketones (excluding diaryl/α,β-unsaturated/α-hetero) is 1. The molecule has 0 amide bonds. The van der Waals surface area contributed by atoms with E-state index in [1.54, 1.807) is 18.2 Å². The van der Waals surface area contributed by atoms with Crippen LogP contribution in [-0.4, -0.2) is 26.4 Å². The molecular weight excluding hydrogens is 216 g/mol. The minimum absolute atomic E-state index is 0.0185. The number of aromatic nitrogens is 4. The molecule has 0 aromatic carbocycles. The molecule has 0 radical (unpaired) electrons. The normalized spacial score (nSPS) is 23.9. The molecule has 1 saturated carbocycles. The zero-order valence-electron chi connectivity index (χ0n) is 9.63. The van der Waals surface area contributed by atoms with Crippen LogP contribution in [0.5, 0.6) is 0 Å². The van der Waals surface area contributed by atoms with Gasteiger partial charge in [-0.1, -0.05) is 36.1 Å². The molecule has 2 atom stereocenters. The summed E-state index contributed by atoms with van der Waals surface area (Å²) in [7, 11) is 0. The fraction of sp³-hybridized carbons (Fsp3) is 0.333. The van der Waals surface area contributed by atoms with Crippen molar-refractivity contribution in [2.75, 3.05) is 0 Å². The fourth-order valence-corrected chi connectivity index (χ4v) is 1.84. The van der Waals surface area contributed by atoms with Crippen molar-refractivity contribution < 1.29 is 4.79 Å². The number of H-pyrrole nitrogens is 1. The molecule has 0 unspecified atom stereocenters. The van der Waals surface area contributed by atoms with Gasteiger partial charge >= 0.3 is 0 Å². The minimum Gasteiger partial charge on any atom is -0.294 e. The summed E-state index contributed by atoms with van der Waals surface area (Å²) in [5.74, 6) is 0.842. The van der Waals surface area contributed by atoms with E-state index < -0.39 is 0 Å². The number of nitrogens with zero attached hydrogens (tertiary/aromatic N) is 3. The van der Waals surface area contributed by atoms with Gasteiger partial charge in [0.1, 0.15) is 0 Å². The first-order valence-corrected chi connectivity index (χ1v) is 5.51. The van der Waals surface area contributed by atoms with Crippen LogP contribution in [0.25, 0.3) is 0 Å². The van der Waals surface area contributed by atoms with Gasteiger partial charge in [0.2, 0.25) is 0 Å². The van der Waals surface area contributed by atoms with E-state index in [0.717, 1.165) is 6.42 Å². The summed E-state index contributed by atoms with van der Waals surface area (Å²) in [6.45, 7) is 5.49. The number of hydrogen-bond donors (Lipinski definition) is 1. The van der Waals surface area contributed by atoms with E-state index in [0.29, 0.717) is 11.4 Å². The average Bonchev–Trinajstić information content (AvgIpc) is 2.94. The van der Waals surface area contributed by atoms with Crippen molar-refractivity contribution in [3.8, 4) is 0 Å². The van der Waals surface area contributed by atoms with Gasteiger partial charge in [0.05, 0.1) is 0 Å². The van der Waals surface area contributed by atoms with E-state index in [-0.39, 0.29) is 17.6 Å². The molecular formula is C12H14N4O. The van der Waals surface area contributed by atoms with Crippen LogP contribution in [0.1, 0.15) is 25.1 Å². The maximum Gasteiger partial charge on any atom is 0.178 e. The highest BCUT2D eigenvalue weighted by Gasteiger charge is 2.46. The second-order valence-electron chi connectivity index (χ2n) is 3.94. The van der Waals surface area contributed by atoms with Crippen LogP contribution < -0.4 is 0 Å². The lowest BCUT2D eigenvalue weighted by molar-refractivity contribution is -0.116. The highest BCUT2D eigenvalue weighted by molar-refractivity contribution is 6.02. The molecule has 1 aliphatic carbocycles. The van der Waals surface area contributed by atoms with Crippen LogP contribution in [0, 0.1) is 5.92 Å². The highest BCUT2D eigenvalue weighted by Crippen LogP contribution is 2.47. The Labute approximate surface area is 99.3 Å². The summed E-state index contributed by atoms with van der Waals surface area (Å²) in [5, 5.41) is 13.7. The quantitative estimate of drug-likeness (QED) is 0.615. The summed E-state index contributed by atoms with van der Waals surface area (Å²) < 4.78 is 0. The standard InChI is InChI=1S/C12H14N4O/c1-3-5-8(6-4-2)11(17)9-7-10(9)12-13-15-16-14-12/h3-6,9-10H,1,7H2,2H3,(H,13,14,15,16)/b6-4-,8-5+/t9-,10-/m0/s1. The number of aromatic amines is 1. The van der Waals surface area contributed by atoms with Crippen molar-refractivity contribution in [2.45, 2.75) is 19.3 Å². The van der Waals surface area contributed by atoms with Gasteiger partial charge in [0, 0.05) is 17.4 Å². The summed E-state index contributed by atoms with van der Waals surface area (Å²) >= 11 is 0. The average molecular weight is 230 g/mol. The largest absolute Gasteiger partial charge is 0.294 e. The van der Waals surface area contributed by atoms with Gasteiger partial charge < -0.3 is 0 Å². The lowest BCUT2D eigenvalue weighted by Crippen LogP contribution is -2.05. The monoisotopic (exact) mass is 230 g/mol. The molecule has 0 aliphatic heterocycles. The number of carbonyl (C=O) groups excluding carboxylic acids is 1. The molecule has 5 nitrogen and oxygen atoms in total. The topological polar surface area (TPSA) is 71.5 Å². The molecule has 1 aliphatic rings. The Morgan fingerprint density at radius 2 is 2.41 bits per heavy atom. The van der Waals surface area contributed by atoms with Crippen LogP contribution in [0.15, 0.2) is 36.5 Å². The maximum absolute atomic E-state index is 12.1. The first kappa shape index (κ1) is 11.4. The minimum atomic E-state index is -0.0185. The molecule has 1 N–H and O–H groups in total. The van der Waals surface area contributed by atoms with Gasteiger partial charge in [-0.25, -0.2) is 0 Å². The Morgan fingerprint density at radius 3 is 3.00 bits per heavy atom. The lowest BCUT2D eigenvalue weighted by Gasteiger charge is -1.98. The first-order chi connectivity index (χ1) is 8.27. The number of ketones is 1. The third-order valence-electron chi connectivity index (χ3n) is 2.75. The molecule has 1 fully saturated rings. The van der Waals surface area contributed by atoms with E-state index in [4.69, 9.17) is 0 Å². The molecule has 1 heterocycles. The second-order valence-corrected chi connectivity index (χ2v) is 3.94. The van der Waals surface area contributed by atoms with Crippen LogP contribution in [0.4, 0.5) is 0 Å². The molecule has 2 rings (SSSR count). The van der Waals surface area contributed by atoms with Crippen molar-refractivity contribution in [1.82, 2.24) is 20.6 Å². The molecule has 0 bridgehead atoms. The van der Waals surface area contributed by atoms with Gasteiger partial charge in [-0.3, -0.25) is 4.79 Å². The summed E-state index contributed by atoms with van der Waals surface area (Å²) in [6.07, 6.45) is 7.80. The van der Waals surface area contributed by atoms with E-state index in [1.807, 2.05) is 13.0 Å². The molecule has 1 aromatic rings. The van der Waals surface area contributed by atoms with E-state index in [2.05, 4.69) is 27.2 Å². The lowest BCUT2D eigenvalue weighted by atomic mass is 10.0. The van der Waals surface area contributed by atoms with E-state index in [9.17, 15) is 4.79 Å². The van der Waals surface area contributed by atoms with Gasteiger partial charge in [0.15, 0.2) is 11.6 Å². The predicted molar refractivity (Wildman–Crippen MR) is 63.1 cm³/mol. The van der Waals surface area contributed by atoms with Gasteiger partial charge in [0.25, 0.3) is 0 Å². The van der Waals surface area contributed by atoms with Crippen molar-refractivity contribution in [3.63, 3.8) is 0 Å². The third kappa shape index (κ3) is 2.38. The zero-order valence-corrected chi connectivity index (χ0v) is 9.63. The third-order valence-corrected chi connectivity index (χ3v) is 2.75. The van der Waals surface area contributed by atoms with Crippen LogP contribution in [0.3, 0.4) is 0 Å². The predicted octanol–water partition coefficient (Wildman–Crippen LogP) is 1.56. The van der Waals surface area contributed by atoms with Crippen LogP contribution in [0.2, 0.25) is 0 Å². The SMILES string of the molecule is C=C/C=C(\C=C/C)C(=O)[C@H]1C[C@@H]1c1nn[nH]n1. The molecule has 0 saturated heterocycles. The first-order valence-electron chi connectivity index (χ1n) is 5.51. The van der Waals surface area contributed by atoms with E-state index >= 15 is 0 Å². The maximum atomic E-state index is 12.1. The molecule has 17 heavy (non-hydrogen) atoms. The zero-order chi connectivity index (χ0) is 12.3. The summed E-state index contributed by atoms with van der Waals surface area (Å²) in [5.41, 5.74) is 0.679. The van der Waals surface area contributed by atoms with Crippen LogP contribution >= 0.6 is 0 Å². The number of hydrogen-bond acceptors (Lipinski definition) is 4. The Balaban J connectivity index is 2.08. The van der Waals surface area contributed by atoms with Crippen molar-refractivity contribution in [2.24, 2.45) is 5.92 Å². The Morgan fingerprint density at radius 1 is 1.59 bits per heavy atom. The number of tetrazole rings is 1. The number of carbonyl (C=O) groups is 1. The molecule has 1 aromatic heterocycles. The summed E-state index contributed by atoms with van der Waals surface area (Å²) in [4.78, 5) is 12.1. The Bertz CT molecular complexity index is 473. The van der Waals surface area contributed by atoms with Crippen LogP contribution in [-0.2, 0) is 4.79 Å². The van der Waals surface area contributed by atoms with Gasteiger partial charge in [-0.15, -0.1) is 10.2 Å². The fourth-order valence-electron chi connectivity index (χ4n) is 1.84. The van der Waals surface area contributed by atoms with Crippen molar-refractivity contribution in [3.05, 3.63) is 42.3 Å².